The van der Waals surface area contributed by atoms with Gasteiger partial charge in [0.1, 0.15) is 5.69 Å². The van der Waals surface area contributed by atoms with Gasteiger partial charge in [-0.15, -0.1) is 0 Å². The first-order chi connectivity index (χ1) is 8.95. The number of hydrogen-bond acceptors (Lipinski definition) is 4. The summed E-state index contributed by atoms with van der Waals surface area (Å²) in [6.07, 6.45) is 0. The Morgan fingerprint density at radius 3 is 2.37 bits per heavy atom. The van der Waals surface area contributed by atoms with Gasteiger partial charge < -0.3 is 16.2 Å². The van der Waals surface area contributed by atoms with E-state index in [4.69, 9.17) is 11.5 Å². The second-order valence-electron chi connectivity index (χ2n) is 3.83. The van der Waals surface area contributed by atoms with Gasteiger partial charge >= 0.3 is 12.0 Å². The molecule has 0 aliphatic rings. The third-order valence-corrected chi connectivity index (χ3v) is 2.70. The Morgan fingerprint density at radius 1 is 1.16 bits per heavy atom. The van der Waals surface area contributed by atoms with E-state index in [0.717, 1.165) is 4.57 Å². The molecule has 1 heterocycles. The van der Waals surface area contributed by atoms with Crippen molar-refractivity contribution in [2.45, 2.75) is 0 Å². The topological polar surface area (TPSA) is 117 Å². The van der Waals surface area contributed by atoms with Gasteiger partial charge in [-0.05, 0) is 24.3 Å². The second-order valence-corrected chi connectivity index (χ2v) is 3.83. The summed E-state index contributed by atoms with van der Waals surface area (Å²) >= 11 is 0. The van der Waals surface area contributed by atoms with E-state index in [1.165, 1.54) is 31.4 Å². The molecule has 2 aromatic rings. The smallest absolute Gasteiger partial charge is 0.337 e. The summed E-state index contributed by atoms with van der Waals surface area (Å²) in [5.74, 6) is -1.30. The summed E-state index contributed by atoms with van der Waals surface area (Å²) in [5, 5.41) is 0.496. The molecule has 0 aliphatic carbocycles. The molecule has 4 N–H and O–H groups in total. The van der Waals surface area contributed by atoms with Crippen LogP contribution in [-0.2, 0) is 4.74 Å². The molecular weight excluding hydrogens is 250 g/mol. The van der Waals surface area contributed by atoms with E-state index in [-0.39, 0.29) is 5.69 Å². The summed E-state index contributed by atoms with van der Waals surface area (Å²) in [6, 6.07) is 5.04. The van der Waals surface area contributed by atoms with Crippen LogP contribution in [-0.4, -0.2) is 29.6 Å². The molecule has 19 heavy (non-hydrogen) atoms. The SMILES string of the molecule is COC(=O)c1ccc2c(c1)cc(C(N)=O)n2C(N)=O. The van der Waals surface area contributed by atoms with Crippen LogP contribution in [0, 0.1) is 0 Å². The monoisotopic (exact) mass is 261 g/mol. The van der Waals surface area contributed by atoms with E-state index in [1.54, 1.807) is 0 Å². The fourth-order valence-corrected chi connectivity index (χ4v) is 1.88. The lowest BCUT2D eigenvalue weighted by molar-refractivity contribution is 0.0600. The molecule has 2 amide bonds. The van der Waals surface area contributed by atoms with E-state index in [2.05, 4.69) is 4.74 Å². The molecule has 0 aliphatic heterocycles. The number of fused-ring (bicyclic) bond motifs is 1. The fourth-order valence-electron chi connectivity index (χ4n) is 1.88. The van der Waals surface area contributed by atoms with Crippen LogP contribution in [0.25, 0.3) is 10.9 Å². The molecular formula is C12H11N3O4. The highest BCUT2D eigenvalue weighted by Crippen LogP contribution is 2.21. The van der Waals surface area contributed by atoms with Crippen LogP contribution < -0.4 is 11.5 Å². The molecule has 7 nitrogen and oxygen atoms in total. The van der Waals surface area contributed by atoms with Crippen molar-refractivity contribution < 1.29 is 19.1 Å². The first-order valence-electron chi connectivity index (χ1n) is 5.29. The third-order valence-electron chi connectivity index (χ3n) is 2.70. The van der Waals surface area contributed by atoms with E-state index < -0.39 is 17.9 Å². The van der Waals surface area contributed by atoms with Crippen molar-refractivity contribution in [3.63, 3.8) is 0 Å². The number of benzene rings is 1. The Morgan fingerprint density at radius 2 is 1.84 bits per heavy atom. The van der Waals surface area contributed by atoms with Gasteiger partial charge in [0.25, 0.3) is 5.91 Å². The van der Waals surface area contributed by atoms with Crippen LogP contribution in [0.5, 0.6) is 0 Å². The van der Waals surface area contributed by atoms with Crippen LogP contribution in [0.2, 0.25) is 0 Å². The molecule has 0 spiro atoms. The highest BCUT2D eigenvalue weighted by Gasteiger charge is 2.17. The van der Waals surface area contributed by atoms with Crippen molar-refractivity contribution in [2.24, 2.45) is 11.5 Å². The number of amides is 2. The van der Waals surface area contributed by atoms with Crippen molar-refractivity contribution in [1.82, 2.24) is 4.57 Å². The lowest BCUT2D eigenvalue weighted by Crippen LogP contribution is -2.26. The molecule has 7 heteroatoms. The first kappa shape index (κ1) is 12.6. The average molecular weight is 261 g/mol. The number of carbonyl (C=O) groups excluding carboxylic acids is 3. The molecule has 1 aromatic carbocycles. The van der Waals surface area contributed by atoms with Gasteiger partial charge in [-0.2, -0.15) is 0 Å². The predicted molar refractivity (Wildman–Crippen MR) is 66.8 cm³/mol. The van der Waals surface area contributed by atoms with Crippen LogP contribution in [0.15, 0.2) is 24.3 Å². The summed E-state index contributed by atoms with van der Waals surface area (Å²) in [5.41, 5.74) is 11.1. The zero-order chi connectivity index (χ0) is 14.2. The van der Waals surface area contributed by atoms with Gasteiger partial charge in [0.2, 0.25) is 0 Å². The van der Waals surface area contributed by atoms with Gasteiger partial charge in [-0.1, -0.05) is 0 Å². The Balaban J connectivity index is 2.73. The molecule has 0 saturated heterocycles. The number of nitrogens with zero attached hydrogens (tertiary/aromatic N) is 1. The first-order valence-corrected chi connectivity index (χ1v) is 5.29. The van der Waals surface area contributed by atoms with E-state index in [9.17, 15) is 14.4 Å². The lowest BCUT2D eigenvalue weighted by Gasteiger charge is -2.03. The lowest BCUT2D eigenvalue weighted by atomic mass is 10.1. The number of nitrogens with two attached hydrogens (primary N) is 2. The summed E-state index contributed by atoms with van der Waals surface area (Å²) in [7, 11) is 1.26. The molecule has 0 fully saturated rings. The molecule has 0 unspecified atom stereocenters. The van der Waals surface area contributed by atoms with Crippen LogP contribution in [0.1, 0.15) is 20.8 Å². The highest BCUT2D eigenvalue weighted by atomic mass is 16.5. The number of esters is 1. The minimum absolute atomic E-state index is 0.0375. The number of carbonyl (C=O) groups is 3. The van der Waals surface area contributed by atoms with Gasteiger partial charge in [0.05, 0.1) is 18.2 Å². The van der Waals surface area contributed by atoms with Crippen molar-refractivity contribution >= 4 is 28.8 Å². The fraction of sp³-hybridized carbons (Fsp3) is 0.0833. The average Bonchev–Trinajstić information content (AvgIpc) is 2.76. The maximum Gasteiger partial charge on any atom is 0.337 e. The van der Waals surface area contributed by atoms with Crippen LogP contribution in [0.4, 0.5) is 4.79 Å². The largest absolute Gasteiger partial charge is 0.465 e. The number of methoxy groups -OCH3 is 1. The quantitative estimate of drug-likeness (QED) is 0.763. The molecule has 2 rings (SSSR count). The van der Waals surface area contributed by atoms with Gasteiger partial charge in [-0.3, -0.25) is 9.36 Å². The van der Waals surface area contributed by atoms with Crippen molar-refractivity contribution in [2.75, 3.05) is 7.11 Å². The van der Waals surface area contributed by atoms with Gasteiger partial charge in [0, 0.05) is 5.39 Å². The molecule has 0 saturated carbocycles. The molecule has 0 radical (unpaired) electrons. The Kier molecular flexibility index (Phi) is 2.95. The number of ether oxygens (including phenoxy) is 1. The maximum atomic E-state index is 11.4. The van der Waals surface area contributed by atoms with E-state index in [1.807, 2.05) is 0 Å². The Hall–Kier alpha value is -2.83. The Bertz CT molecular complexity index is 702. The minimum atomic E-state index is -0.824. The second kappa shape index (κ2) is 4.45. The minimum Gasteiger partial charge on any atom is -0.465 e. The molecule has 0 atom stereocenters. The zero-order valence-electron chi connectivity index (χ0n) is 10.0. The standard InChI is InChI=1S/C12H11N3O4/c1-19-11(17)6-2-3-8-7(4-6)5-9(10(13)16)15(8)12(14)18/h2-5H,1H3,(H2,13,16)(H2,14,18). The molecule has 0 bridgehead atoms. The number of hydrogen-bond donors (Lipinski definition) is 2. The van der Waals surface area contributed by atoms with Crippen molar-refractivity contribution in [1.29, 1.82) is 0 Å². The molecule has 1 aromatic heterocycles. The number of aromatic nitrogens is 1. The van der Waals surface area contributed by atoms with Crippen molar-refractivity contribution in [3.05, 3.63) is 35.5 Å². The third kappa shape index (κ3) is 2.01. The zero-order valence-corrected chi connectivity index (χ0v) is 10.0. The number of primary amides is 2. The molecule has 98 valence electrons. The summed E-state index contributed by atoms with van der Waals surface area (Å²) < 4.78 is 5.59. The summed E-state index contributed by atoms with van der Waals surface area (Å²) in [4.78, 5) is 34.0. The van der Waals surface area contributed by atoms with Crippen LogP contribution >= 0.6 is 0 Å². The van der Waals surface area contributed by atoms with Crippen molar-refractivity contribution in [3.8, 4) is 0 Å². The van der Waals surface area contributed by atoms with E-state index >= 15 is 0 Å². The van der Waals surface area contributed by atoms with Gasteiger partial charge in [0.15, 0.2) is 0 Å². The predicted octanol–water partition coefficient (Wildman–Crippen LogP) is 0.454. The highest BCUT2D eigenvalue weighted by molar-refractivity contribution is 6.05. The van der Waals surface area contributed by atoms with E-state index in [0.29, 0.717) is 16.5 Å². The number of rotatable bonds is 2. The Labute approximate surface area is 107 Å². The normalized spacial score (nSPS) is 10.4. The van der Waals surface area contributed by atoms with Gasteiger partial charge in [-0.25, -0.2) is 9.59 Å². The van der Waals surface area contributed by atoms with Crippen LogP contribution in [0.3, 0.4) is 0 Å². The summed E-state index contributed by atoms with van der Waals surface area (Å²) in [6.45, 7) is 0. The maximum absolute atomic E-state index is 11.4.